The maximum atomic E-state index is 5.28. The fourth-order valence-electron chi connectivity index (χ4n) is 2.25. The van der Waals surface area contributed by atoms with E-state index in [0.29, 0.717) is 17.8 Å². The Hall–Kier alpha value is -1.75. The number of hydrogen-bond donors (Lipinski definition) is 1. The quantitative estimate of drug-likeness (QED) is 0.890. The van der Waals surface area contributed by atoms with Crippen molar-refractivity contribution in [1.82, 2.24) is 20.4 Å². The smallest absolute Gasteiger partial charge is 0.228 e. The van der Waals surface area contributed by atoms with Gasteiger partial charge in [-0.2, -0.15) is 4.98 Å². The molecule has 0 bridgehead atoms. The highest BCUT2D eigenvalue weighted by atomic mass is 16.5. The van der Waals surface area contributed by atoms with Crippen LogP contribution in [0.5, 0.6) is 0 Å². The van der Waals surface area contributed by atoms with Crippen molar-refractivity contribution >= 4 is 0 Å². The van der Waals surface area contributed by atoms with Crippen molar-refractivity contribution in [1.29, 1.82) is 0 Å². The van der Waals surface area contributed by atoms with E-state index < -0.39 is 0 Å². The van der Waals surface area contributed by atoms with Crippen molar-refractivity contribution in [3.05, 3.63) is 29.8 Å². The van der Waals surface area contributed by atoms with Crippen molar-refractivity contribution < 1.29 is 4.52 Å². The van der Waals surface area contributed by atoms with Crippen LogP contribution in [0.4, 0.5) is 0 Å². The van der Waals surface area contributed by atoms with Gasteiger partial charge in [-0.1, -0.05) is 11.2 Å². The molecule has 0 amide bonds. The van der Waals surface area contributed by atoms with Crippen LogP contribution in [0.2, 0.25) is 0 Å². The van der Waals surface area contributed by atoms with Gasteiger partial charge in [-0.25, -0.2) is 4.98 Å². The minimum absolute atomic E-state index is 0.476. The first kappa shape index (κ1) is 11.3. The third kappa shape index (κ3) is 2.41. The highest BCUT2D eigenvalue weighted by Gasteiger charge is 2.18. The summed E-state index contributed by atoms with van der Waals surface area (Å²) in [4.78, 5) is 8.79. The van der Waals surface area contributed by atoms with Crippen LogP contribution in [-0.2, 0) is 6.42 Å². The normalized spacial score (nSPS) is 19.3. The molecule has 2 aromatic heterocycles. The van der Waals surface area contributed by atoms with Gasteiger partial charge >= 0.3 is 0 Å². The van der Waals surface area contributed by atoms with Gasteiger partial charge in [0.05, 0.1) is 0 Å². The summed E-state index contributed by atoms with van der Waals surface area (Å²) in [5, 5.41) is 7.41. The van der Waals surface area contributed by atoms with Crippen molar-refractivity contribution in [2.45, 2.75) is 32.2 Å². The molecule has 1 fully saturated rings. The number of aryl methyl sites for hydroxylation is 1. The van der Waals surface area contributed by atoms with Gasteiger partial charge in [0.25, 0.3) is 0 Å². The third-order valence-electron chi connectivity index (χ3n) is 3.17. The molecular formula is C13H16N4O. The molecule has 1 aliphatic heterocycles. The summed E-state index contributed by atoms with van der Waals surface area (Å²) < 4.78 is 5.28. The van der Waals surface area contributed by atoms with Crippen molar-refractivity contribution in [3.8, 4) is 11.5 Å². The first-order valence-corrected chi connectivity index (χ1v) is 6.31. The fraction of sp³-hybridized carbons (Fsp3) is 0.462. The average Bonchev–Trinajstić information content (AvgIpc) is 3.01. The lowest BCUT2D eigenvalue weighted by molar-refractivity contribution is 0.364. The standard InChI is InChI=1S/C13H16N4O/c1-9-4-2-6-11(15-9)13-16-12(18-17-13)8-10-5-3-7-14-10/h2,4,6,10,14H,3,5,7-8H2,1H3. The molecule has 0 spiro atoms. The van der Waals surface area contributed by atoms with Crippen LogP contribution in [0.25, 0.3) is 11.5 Å². The Kier molecular flexibility index (Phi) is 3.06. The van der Waals surface area contributed by atoms with Crippen LogP contribution in [0.15, 0.2) is 22.7 Å². The van der Waals surface area contributed by atoms with E-state index in [4.69, 9.17) is 4.52 Å². The van der Waals surface area contributed by atoms with Gasteiger partial charge in [0.1, 0.15) is 5.69 Å². The lowest BCUT2D eigenvalue weighted by Crippen LogP contribution is -2.23. The average molecular weight is 244 g/mol. The van der Waals surface area contributed by atoms with Gasteiger partial charge in [-0.05, 0) is 38.4 Å². The zero-order valence-corrected chi connectivity index (χ0v) is 10.4. The second-order valence-electron chi connectivity index (χ2n) is 4.67. The molecule has 0 aromatic carbocycles. The predicted molar refractivity (Wildman–Crippen MR) is 67.0 cm³/mol. The largest absolute Gasteiger partial charge is 0.339 e. The molecule has 1 saturated heterocycles. The molecular weight excluding hydrogens is 228 g/mol. The van der Waals surface area contributed by atoms with Crippen molar-refractivity contribution in [2.75, 3.05) is 6.54 Å². The number of nitrogens with one attached hydrogen (secondary N) is 1. The van der Waals surface area contributed by atoms with Gasteiger partial charge in [0.15, 0.2) is 0 Å². The van der Waals surface area contributed by atoms with Crippen LogP contribution in [0, 0.1) is 6.92 Å². The maximum Gasteiger partial charge on any atom is 0.228 e. The number of aromatic nitrogens is 3. The Labute approximate surface area is 106 Å². The van der Waals surface area contributed by atoms with Crippen LogP contribution in [-0.4, -0.2) is 27.7 Å². The maximum absolute atomic E-state index is 5.28. The summed E-state index contributed by atoms with van der Waals surface area (Å²) in [6.45, 7) is 3.04. The molecule has 1 aliphatic rings. The van der Waals surface area contributed by atoms with Crippen LogP contribution in [0.1, 0.15) is 24.4 Å². The molecule has 0 radical (unpaired) electrons. The summed E-state index contributed by atoms with van der Waals surface area (Å²) >= 11 is 0. The van der Waals surface area contributed by atoms with E-state index in [-0.39, 0.29) is 0 Å². The fourth-order valence-corrected chi connectivity index (χ4v) is 2.25. The second-order valence-corrected chi connectivity index (χ2v) is 4.67. The molecule has 3 rings (SSSR count). The first-order chi connectivity index (χ1) is 8.81. The van der Waals surface area contributed by atoms with Gasteiger partial charge in [-0.3, -0.25) is 0 Å². The van der Waals surface area contributed by atoms with E-state index in [0.717, 1.165) is 24.4 Å². The number of hydrogen-bond acceptors (Lipinski definition) is 5. The summed E-state index contributed by atoms with van der Waals surface area (Å²) in [5.41, 5.74) is 1.72. The minimum Gasteiger partial charge on any atom is -0.339 e. The second kappa shape index (κ2) is 4.86. The van der Waals surface area contributed by atoms with Crippen LogP contribution >= 0.6 is 0 Å². The van der Waals surface area contributed by atoms with Crippen molar-refractivity contribution in [3.63, 3.8) is 0 Å². The predicted octanol–water partition coefficient (Wildman–Crippen LogP) is 1.73. The Balaban J connectivity index is 1.76. The molecule has 5 heteroatoms. The monoisotopic (exact) mass is 244 g/mol. The summed E-state index contributed by atoms with van der Waals surface area (Å²) in [5.74, 6) is 1.26. The molecule has 5 nitrogen and oxygen atoms in total. The van der Waals surface area contributed by atoms with E-state index in [2.05, 4.69) is 20.4 Å². The lowest BCUT2D eigenvalue weighted by Gasteiger charge is -2.04. The van der Waals surface area contributed by atoms with Crippen LogP contribution in [0.3, 0.4) is 0 Å². The lowest BCUT2D eigenvalue weighted by atomic mass is 10.1. The zero-order valence-electron chi connectivity index (χ0n) is 10.4. The Morgan fingerprint density at radius 1 is 1.39 bits per heavy atom. The number of nitrogens with zero attached hydrogens (tertiary/aromatic N) is 3. The topological polar surface area (TPSA) is 63.8 Å². The molecule has 18 heavy (non-hydrogen) atoms. The van der Waals surface area contributed by atoms with E-state index in [1.54, 1.807) is 0 Å². The first-order valence-electron chi connectivity index (χ1n) is 6.31. The van der Waals surface area contributed by atoms with E-state index in [9.17, 15) is 0 Å². The minimum atomic E-state index is 0.476. The van der Waals surface area contributed by atoms with Gasteiger partial charge in [0.2, 0.25) is 11.7 Å². The molecule has 1 N–H and O–H groups in total. The van der Waals surface area contributed by atoms with E-state index in [1.165, 1.54) is 12.8 Å². The van der Waals surface area contributed by atoms with Gasteiger partial charge < -0.3 is 9.84 Å². The highest BCUT2D eigenvalue weighted by Crippen LogP contribution is 2.16. The van der Waals surface area contributed by atoms with Crippen molar-refractivity contribution in [2.24, 2.45) is 0 Å². The number of rotatable bonds is 3. The van der Waals surface area contributed by atoms with Gasteiger partial charge in [-0.15, -0.1) is 0 Å². The van der Waals surface area contributed by atoms with Gasteiger partial charge in [0, 0.05) is 18.2 Å². The zero-order chi connectivity index (χ0) is 12.4. The molecule has 0 aliphatic carbocycles. The molecule has 0 saturated carbocycles. The van der Waals surface area contributed by atoms with E-state index >= 15 is 0 Å². The SMILES string of the molecule is Cc1cccc(-c2noc(CC3CCCN3)n2)n1. The Morgan fingerprint density at radius 2 is 2.33 bits per heavy atom. The summed E-state index contributed by atoms with van der Waals surface area (Å²) in [6.07, 6.45) is 3.21. The molecule has 2 aromatic rings. The van der Waals surface area contributed by atoms with Crippen LogP contribution < -0.4 is 5.32 Å². The number of pyridine rings is 1. The Bertz CT molecular complexity index is 531. The third-order valence-corrected chi connectivity index (χ3v) is 3.17. The molecule has 1 atom stereocenters. The highest BCUT2D eigenvalue weighted by molar-refractivity contribution is 5.47. The molecule has 94 valence electrons. The summed E-state index contributed by atoms with van der Waals surface area (Å²) in [7, 11) is 0. The Morgan fingerprint density at radius 3 is 3.11 bits per heavy atom. The van der Waals surface area contributed by atoms with E-state index in [1.807, 2.05) is 25.1 Å². The molecule has 3 heterocycles. The summed E-state index contributed by atoms with van der Waals surface area (Å²) in [6, 6.07) is 6.28. The molecule has 1 unspecified atom stereocenters.